The minimum Gasteiger partial charge on any atom is -0.550 e. The molecule has 4 heteroatoms. The number of hydrogen-bond donors (Lipinski definition) is 1. The van der Waals surface area contributed by atoms with Gasteiger partial charge >= 0.3 is 0 Å². The number of benzene rings is 2. The molecule has 20 heavy (non-hydrogen) atoms. The van der Waals surface area contributed by atoms with E-state index in [2.05, 4.69) is 5.32 Å². The van der Waals surface area contributed by atoms with E-state index < -0.39 is 5.97 Å². The van der Waals surface area contributed by atoms with Crippen molar-refractivity contribution in [2.45, 2.75) is 12.3 Å². The van der Waals surface area contributed by atoms with Crippen molar-refractivity contribution in [2.75, 3.05) is 5.32 Å². The van der Waals surface area contributed by atoms with Crippen LogP contribution in [0.25, 0.3) is 0 Å². The highest BCUT2D eigenvalue weighted by molar-refractivity contribution is 6.07. The molecule has 100 valence electrons. The molecule has 0 saturated heterocycles. The lowest BCUT2D eigenvalue weighted by atomic mass is 9.86. The molecule has 0 fully saturated rings. The Labute approximate surface area is 116 Å². The molecule has 1 heterocycles. The first-order valence-electron chi connectivity index (χ1n) is 6.36. The van der Waals surface area contributed by atoms with Crippen molar-refractivity contribution in [1.29, 1.82) is 0 Å². The fourth-order valence-electron chi connectivity index (χ4n) is 2.67. The molecular formula is C16H12NO3-. The van der Waals surface area contributed by atoms with E-state index in [0.29, 0.717) is 11.3 Å². The van der Waals surface area contributed by atoms with Crippen LogP contribution >= 0.6 is 0 Å². The number of para-hydroxylation sites is 1. The number of hydrogen-bond acceptors (Lipinski definition) is 3. The smallest absolute Gasteiger partial charge is 0.255 e. The highest BCUT2D eigenvalue weighted by Gasteiger charge is 2.26. The highest BCUT2D eigenvalue weighted by atomic mass is 16.4. The van der Waals surface area contributed by atoms with Gasteiger partial charge in [-0.3, -0.25) is 4.79 Å². The minimum absolute atomic E-state index is 0.150. The van der Waals surface area contributed by atoms with Gasteiger partial charge in [-0.2, -0.15) is 0 Å². The molecule has 0 radical (unpaired) electrons. The van der Waals surface area contributed by atoms with E-state index in [0.717, 1.165) is 11.1 Å². The third-order valence-electron chi connectivity index (χ3n) is 3.54. The van der Waals surface area contributed by atoms with Crippen LogP contribution in [0, 0.1) is 0 Å². The Balaban J connectivity index is 2.23. The van der Waals surface area contributed by atoms with Crippen LogP contribution in [0.15, 0.2) is 48.5 Å². The van der Waals surface area contributed by atoms with Crippen LogP contribution in [0.4, 0.5) is 5.69 Å². The summed E-state index contributed by atoms with van der Waals surface area (Å²) in [6.07, 6.45) is -0.150. The second kappa shape index (κ2) is 4.81. The molecular weight excluding hydrogens is 254 g/mol. The first-order chi connectivity index (χ1) is 9.66. The van der Waals surface area contributed by atoms with Crippen molar-refractivity contribution in [3.05, 3.63) is 65.2 Å². The zero-order valence-corrected chi connectivity index (χ0v) is 10.6. The normalized spacial score (nSPS) is 16.6. The number of carboxylic acids is 1. The van der Waals surface area contributed by atoms with Gasteiger partial charge in [-0.25, -0.2) is 0 Å². The zero-order valence-electron chi connectivity index (χ0n) is 10.6. The number of nitrogens with one attached hydrogen (secondary N) is 1. The van der Waals surface area contributed by atoms with Gasteiger partial charge in [0.1, 0.15) is 0 Å². The molecule has 1 amide bonds. The molecule has 4 nitrogen and oxygen atoms in total. The zero-order chi connectivity index (χ0) is 14.1. The predicted octanol–water partition coefficient (Wildman–Crippen LogP) is 1.52. The first kappa shape index (κ1) is 12.4. The van der Waals surface area contributed by atoms with Gasteiger partial charge in [-0.15, -0.1) is 0 Å². The molecule has 1 atom stereocenters. The molecule has 2 aromatic carbocycles. The van der Waals surface area contributed by atoms with E-state index in [4.69, 9.17) is 0 Å². The number of rotatable bonds is 2. The van der Waals surface area contributed by atoms with Crippen LogP contribution in [0.3, 0.4) is 0 Å². The van der Waals surface area contributed by atoms with Gasteiger partial charge in [0, 0.05) is 23.1 Å². The third kappa shape index (κ3) is 2.05. The lowest BCUT2D eigenvalue weighted by molar-refractivity contribution is -0.305. The average Bonchev–Trinajstić information content (AvgIpc) is 2.55. The lowest BCUT2D eigenvalue weighted by Crippen LogP contribution is -2.25. The maximum absolute atomic E-state index is 12.2. The molecule has 1 aliphatic rings. The number of anilines is 1. The Bertz CT molecular complexity index is 694. The Morgan fingerprint density at radius 3 is 2.45 bits per heavy atom. The van der Waals surface area contributed by atoms with E-state index in [1.807, 2.05) is 24.3 Å². The SMILES string of the molecule is O=C([O-])CC1c2ccccc2NC(=O)c2ccccc21. The van der Waals surface area contributed by atoms with E-state index in [1.165, 1.54) is 0 Å². The van der Waals surface area contributed by atoms with E-state index in [9.17, 15) is 14.7 Å². The molecule has 1 unspecified atom stereocenters. The van der Waals surface area contributed by atoms with Crippen molar-refractivity contribution >= 4 is 17.6 Å². The molecule has 2 aromatic rings. The van der Waals surface area contributed by atoms with Crippen molar-refractivity contribution in [1.82, 2.24) is 0 Å². The molecule has 0 aromatic heterocycles. The fourth-order valence-corrected chi connectivity index (χ4v) is 2.67. The van der Waals surface area contributed by atoms with Gasteiger partial charge in [-0.1, -0.05) is 36.4 Å². The second-order valence-corrected chi connectivity index (χ2v) is 4.76. The summed E-state index contributed by atoms with van der Waals surface area (Å²) < 4.78 is 0. The number of fused-ring (bicyclic) bond motifs is 2. The molecule has 0 spiro atoms. The summed E-state index contributed by atoms with van der Waals surface area (Å²) >= 11 is 0. The molecule has 0 saturated carbocycles. The number of carbonyl (C=O) groups is 2. The van der Waals surface area contributed by atoms with Gasteiger partial charge < -0.3 is 15.2 Å². The minimum atomic E-state index is -1.13. The summed E-state index contributed by atoms with van der Waals surface area (Å²) in [5, 5.41) is 13.9. The predicted molar refractivity (Wildman–Crippen MR) is 72.3 cm³/mol. The average molecular weight is 266 g/mol. The summed E-state index contributed by atoms with van der Waals surface area (Å²) in [5.74, 6) is -1.73. The molecule has 0 bridgehead atoms. The highest BCUT2D eigenvalue weighted by Crippen LogP contribution is 2.37. The van der Waals surface area contributed by atoms with Crippen molar-refractivity contribution in [3.8, 4) is 0 Å². The summed E-state index contributed by atoms with van der Waals surface area (Å²) in [7, 11) is 0. The quantitative estimate of drug-likeness (QED) is 0.896. The third-order valence-corrected chi connectivity index (χ3v) is 3.54. The van der Waals surface area contributed by atoms with Gasteiger partial charge in [-0.05, 0) is 29.7 Å². The standard InChI is InChI=1S/C16H13NO3/c18-15(19)9-13-10-5-1-2-7-12(10)16(20)17-14-8-4-3-6-11(13)14/h1-8,13H,9H2,(H,17,20)(H,18,19)/p-1. The number of aliphatic carboxylic acids is 1. The van der Waals surface area contributed by atoms with Crippen LogP contribution in [-0.2, 0) is 4.79 Å². The molecule has 0 aliphatic carbocycles. The van der Waals surface area contributed by atoms with Gasteiger partial charge in [0.15, 0.2) is 0 Å². The van der Waals surface area contributed by atoms with Crippen LogP contribution in [0.5, 0.6) is 0 Å². The lowest BCUT2D eigenvalue weighted by Gasteiger charge is -2.19. The molecule has 1 aliphatic heterocycles. The number of carboxylic acid groups (broad SMARTS) is 1. The summed E-state index contributed by atoms with van der Waals surface area (Å²) in [6.45, 7) is 0. The summed E-state index contributed by atoms with van der Waals surface area (Å²) in [6, 6.07) is 14.3. The summed E-state index contributed by atoms with van der Waals surface area (Å²) in [4.78, 5) is 23.3. The second-order valence-electron chi connectivity index (χ2n) is 4.76. The van der Waals surface area contributed by atoms with Crippen LogP contribution in [-0.4, -0.2) is 11.9 Å². The summed E-state index contributed by atoms with van der Waals surface area (Å²) in [5.41, 5.74) is 2.68. The number of amides is 1. The Kier molecular flexibility index (Phi) is 2.99. The maximum atomic E-state index is 12.2. The van der Waals surface area contributed by atoms with Crippen molar-refractivity contribution in [3.63, 3.8) is 0 Å². The van der Waals surface area contributed by atoms with E-state index >= 15 is 0 Å². The van der Waals surface area contributed by atoms with Crippen molar-refractivity contribution in [2.24, 2.45) is 0 Å². The fraction of sp³-hybridized carbons (Fsp3) is 0.125. The van der Waals surface area contributed by atoms with Crippen molar-refractivity contribution < 1.29 is 14.7 Å². The maximum Gasteiger partial charge on any atom is 0.255 e. The van der Waals surface area contributed by atoms with Gasteiger partial charge in [0.05, 0.1) is 0 Å². The van der Waals surface area contributed by atoms with E-state index in [-0.39, 0.29) is 18.2 Å². The van der Waals surface area contributed by atoms with Crippen LogP contribution < -0.4 is 10.4 Å². The van der Waals surface area contributed by atoms with Crippen LogP contribution in [0.1, 0.15) is 33.8 Å². The topological polar surface area (TPSA) is 69.2 Å². The monoisotopic (exact) mass is 266 g/mol. The first-order valence-corrected chi connectivity index (χ1v) is 6.36. The largest absolute Gasteiger partial charge is 0.550 e. The molecule has 1 N–H and O–H groups in total. The Morgan fingerprint density at radius 2 is 1.70 bits per heavy atom. The number of carbonyl (C=O) groups excluding carboxylic acids is 2. The Morgan fingerprint density at radius 1 is 1.05 bits per heavy atom. The van der Waals surface area contributed by atoms with E-state index in [1.54, 1.807) is 24.3 Å². The van der Waals surface area contributed by atoms with Crippen LogP contribution in [0.2, 0.25) is 0 Å². The van der Waals surface area contributed by atoms with Gasteiger partial charge in [0.25, 0.3) is 5.91 Å². The van der Waals surface area contributed by atoms with Gasteiger partial charge in [0.2, 0.25) is 0 Å². The Hall–Kier alpha value is -2.62. The molecule has 3 rings (SSSR count).